The molecule has 0 bridgehead atoms. The summed E-state index contributed by atoms with van der Waals surface area (Å²) in [5, 5.41) is 0. The van der Waals surface area contributed by atoms with Crippen LogP contribution in [0, 0.1) is 0 Å². The highest BCUT2D eigenvalue weighted by atomic mass is 35.5. The van der Waals surface area contributed by atoms with E-state index in [2.05, 4.69) is 0 Å². The maximum atomic E-state index is 1.50. The zero-order chi connectivity index (χ0) is 4.24. The Labute approximate surface area is 86.8 Å². The second-order valence-electron chi connectivity index (χ2n) is 2.12. The Balaban J connectivity index is -0.0000000450. The third-order valence-corrected chi connectivity index (χ3v) is 1.50. The summed E-state index contributed by atoms with van der Waals surface area (Å²) >= 11 is 0. The predicted octanol–water partition coefficient (Wildman–Crippen LogP) is 2.15. The van der Waals surface area contributed by atoms with Gasteiger partial charge in [-0.2, -0.15) is 0 Å². The molecule has 1 fully saturated rings. The van der Waals surface area contributed by atoms with Crippen molar-refractivity contribution in [1.29, 1.82) is 0 Å². The fourth-order valence-corrected chi connectivity index (χ4v) is 1.06. The molecule has 1 aliphatic carbocycles. The van der Waals surface area contributed by atoms with Crippen molar-refractivity contribution in [2.24, 2.45) is 0 Å². The third kappa shape index (κ3) is 11.8. The van der Waals surface area contributed by atoms with Crippen LogP contribution >= 0.6 is 37.2 Å². The minimum Gasteiger partial charge on any atom is -0.147 e. The Kier molecular flexibility index (Phi) is 37.2. The summed E-state index contributed by atoms with van der Waals surface area (Å²) in [5.74, 6) is 0. The van der Waals surface area contributed by atoms with E-state index in [1.165, 1.54) is 38.5 Å². The number of rotatable bonds is 0. The fourth-order valence-electron chi connectivity index (χ4n) is 1.06. The molecule has 0 aromatic heterocycles. The Morgan fingerprint density at radius 1 is 0.400 bits per heavy atom. The molecule has 0 radical (unpaired) electrons. The van der Waals surface area contributed by atoms with Crippen molar-refractivity contribution in [3.63, 3.8) is 0 Å². The second kappa shape index (κ2) is 16.6. The predicted molar refractivity (Wildman–Crippen MR) is 60.8 cm³/mol. The summed E-state index contributed by atoms with van der Waals surface area (Å²) in [7, 11) is 0. The van der Waals surface area contributed by atoms with Gasteiger partial charge in [0.2, 0.25) is 0 Å². The van der Waals surface area contributed by atoms with Crippen LogP contribution in [0.15, 0.2) is 0 Å². The molecule has 4 heteroatoms. The molecular weight excluding hydrogens is 207 g/mol. The van der Waals surface area contributed by atoms with Gasteiger partial charge in [-0.15, -0.1) is 37.2 Å². The van der Waals surface area contributed by atoms with Crippen LogP contribution in [0.1, 0.15) is 38.5 Å². The van der Waals surface area contributed by atoms with Crippen molar-refractivity contribution < 1.29 is 0 Å². The van der Waals surface area contributed by atoms with Crippen molar-refractivity contribution in [2.75, 3.05) is 0 Å². The number of hydrogen-bond donors (Lipinski definition) is 0. The van der Waals surface area contributed by atoms with Crippen LogP contribution in [-0.2, 0) is 0 Å². The van der Waals surface area contributed by atoms with Gasteiger partial charge in [-0.1, -0.05) is 38.5 Å². The molecule has 0 N–H and O–H groups in total. The zero-order valence-corrected chi connectivity index (χ0v) is 7.92. The lowest BCUT2D eigenvalue weighted by Crippen LogP contribution is -1.85. The van der Waals surface area contributed by atoms with Gasteiger partial charge >= 0.3 is 0 Å². The Morgan fingerprint density at radius 2 is 0.500 bits per heavy atom. The zero-order valence-electron chi connectivity index (χ0n) is 5.47. The highest BCUT2D eigenvalue weighted by molar-refractivity contribution is 5.86. The molecule has 0 aromatic carbocycles. The molecule has 0 spiro atoms. The van der Waals surface area contributed by atoms with E-state index in [0.29, 0.717) is 0 Å². The quantitative estimate of drug-likeness (QED) is 0.555. The first-order valence-electron chi connectivity index (χ1n) is 3.00. The van der Waals surface area contributed by atoms with Gasteiger partial charge in [-0.25, -0.2) is 0 Å². The Bertz CT molecular complexity index is 28.5. The maximum absolute atomic E-state index is 1.50. The molecule has 1 saturated carbocycles. The fraction of sp³-hybridized carbons (Fsp3) is 1.00. The van der Waals surface area contributed by atoms with E-state index in [1.807, 2.05) is 0 Å². The van der Waals surface area contributed by atoms with Crippen LogP contribution in [0.3, 0.4) is 0 Å². The van der Waals surface area contributed by atoms with Crippen molar-refractivity contribution >= 4 is 48.2 Å². The van der Waals surface area contributed by atoms with E-state index < -0.39 is 0 Å². The first kappa shape index (κ1) is 22.5. The monoisotopic (exact) mass is 224 g/mol. The van der Waals surface area contributed by atoms with Gasteiger partial charge in [-0.3, -0.25) is 0 Å². The van der Waals surface area contributed by atoms with Crippen LogP contribution in [0.2, 0.25) is 0 Å². The van der Waals surface area contributed by atoms with E-state index >= 15 is 0 Å². The molecule has 1 aliphatic rings. The van der Waals surface area contributed by atoms with Gasteiger partial charge < -0.3 is 0 Å². The van der Waals surface area contributed by atoms with Gasteiger partial charge in [0.15, 0.2) is 0 Å². The molecule has 0 amide bonds. The van der Waals surface area contributed by atoms with Crippen molar-refractivity contribution in [1.82, 2.24) is 0 Å². The number of hydrogen-bond acceptors (Lipinski definition) is 0. The minimum atomic E-state index is 0. The average Bonchev–Trinajstić information content (AvgIpc) is 1.72. The molecule has 0 aliphatic heterocycles. The molecule has 0 aromatic rings. The van der Waals surface area contributed by atoms with E-state index in [4.69, 9.17) is 0 Å². The highest BCUT2D eigenvalue weighted by Crippen LogP contribution is 2.15. The molecule has 0 saturated heterocycles. The second-order valence-corrected chi connectivity index (χ2v) is 2.12. The van der Waals surface area contributed by atoms with Crippen molar-refractivity contribution in [2.45, 2.75) is 38.5 Å². The average molecular weight is 226 g/mol. The van der Waals surface area contributed by atoms with Gasteiger partial charge in [-0.05, 0) is 11.0 Å². The molecule has 0 unspecified atom stereocenters. The Morgan fingerprint density at radius 3 is 0.600 bits per heavy atom. The van der Waals surface area contributed by atoms with E-state index in [1.54, 1.807) is 0 Å². The SMILES string of the molecule is C1CCCCC1.Cl.Cl.Cl.[SiH4]. The summed E-state index contributed by atoms with van der Waals surface area (Å²) in [5.41, 5.74) is 0. The lowest BCUT2D eigenvalue weighted by Gasteiger charge is -2.05. The lowest BCUT2D eigenvalue weighted by molar-refractivity contribution is 0.504. The van der Waals surface area contributed by atoms with E-state index in [-0.39, 0.29) is 48.2 Å². The summed E-state index contributed by atoms with van der Waals surface area (Å²) in [6, 6.07) is 0. The summed E-state index contributed by atoms with van der Waals surface area (Å²) < 4.78 is 0. The summed E-state index contributed by atoms with van der Waals surface area (Å²) in [6.07, 6.45) is 9.00. The molecule has 1 rings (SSSR count). The summed E-state index contributed by atoms with van der Waals surface area (Å²) in [4.78, 5) is 0. The van der Waals surface area contributed by atoms with E-state index in [0.717, 1.165) is 0 Å². The topological polar surface area (TPSA) is 0 Å². The first-order chi connectivity index (χ1) is 3.00. The van der Waals surface area contributed by atoms with Crippen molar-refractivity contribution in [3.05, 3.63) is 0 Å². The van der Waals surface area contributed by atoms with Gasteiger partial charge in [0.25, 0.3) is 0 Å². The standard InChI is InChI=1S/C6H12.3ClH.H4Si/c1-2-4-6-5-3-1;;;;/h1-6H2;3*1H;1H4. The van der Waals surface area contributed by atoms with Crippen molar-refractivity contribution in [3.8, 4) is 0 Å². The molecule has 0 heterocycles. The molecule has 0 nitrogen and oxygen atoms in total. The summed E-state index contributed by atoms with van der Waals surface area (Å²) in [6.45, 7) is 0. The molecule has 68 valence electrons. The Hall–Kier alpha value is 1.09. The van der Waals surface area contributed by atoms with Crippen LogP contribution in [-0.4, -0.2) is 11.0 Å². The third-order valence-electron chi connectivity index (χ3n) is 1.50. The van der Waals surface area contributed by atoms with Crippen LogP contribution in [0.4, 0.5) is 0 Å². The van der Waals surface area contributed by atoms with Gasteiger partial charge in [0, 0.05) is 0 Å². The van der Waals surface area contributed by atoms with Crippen LogP contribution < -0.4 is 0 Å². The lowest BCUT2D eigenvalue weighted by atomic mass is 10.0. The van der Waals surface area contributed by atoms with Crippen LogP contribution in [0.25, 0.3) is 0 Å². The highest BCUT2D eigenvalue weighted by Gasteiger charge is 1.95. The minimum absolute atomic E-state index is 0. The van der Waals surface area contributed by atoms with Gasteiger partial charge in [0.1, 0.15) is 0 Å². The van der Waals surface area contributed by atoms with Gasteiger partial charge in [0.05, 0.1) is 0 Å². The van der Waals surface area contributed by atoms with Crippen LogP contribution in [0.5, 0.6) is 0 Å². The first-order valence-corrected chi connectivity index (χ1v) is 3.00. The molecule has 0 atom stereocenters. The maximum Gasteiger partial charge on any atom is -0.0149 e. The normalized spacial score (nSPS) is 14.4. The largest absolute Gasteiger partial charge is 0.147 e. The smallest absolute Gasteiger partial charge is 0.0149 e. The molecule has 10 heavy (non-hydrogen) atoms. The number of halogens is 3. The van der Waals surface area contributed by atoms with E-state index in [9.17, 15) is 0 Å². The molecular formula is C6H19Cl3Si.